The highest BCUT2D eigenvalue weighted by molar-refractivity contribution is 6.30. The zero-order valence-electron chi connectivity index (χ0n) is 14.8. The molecule has 3 aromatic carbocycles. The summed E-state index contributed by atoms with van der Waals surface area (Å²) in [6, 6.07) is 22.0. The van der Waals surface area contributed by atoms with Crippen LogP contribution in [-0.4, -0.2) is 12.8 Å². The van der Waals surface area contributed by atoms with Gasteiger partial charge in [-0.15, -0.1) is 0 Å². The molecular formula is C22H18ClFN2O. The average Bonchev–Trinajstić information content (AvgIpc) is 3.14. The molecule has 1 atom stereocenters. The van der Waals surface area contributed by atoms with Crippen molar-refractivity contribution in [1.82, 2.24) is 0 Å². The summed E-state index contributed by atoms with van der Waals surface area (Å²) in [7, 11) is 1.64. The van der Waals surface area contributed by atoms with Gasteiger partial charge in [-0.2, -0.15) is 5.10 Å². The number of methoxy groups -OCH3 is 1. The summed E-state index contributed by atoms with van der Waals surface area (Å²) in [4.78, 5) is 0. The minimum absolute atomic E-state index is 0.0267. The molecule has 0 saturated carbocycles. The minimum Gasteiger partial charge on any atom is -0.497 e. The van der Waals surface area contributed by atoms with Gasteiger partial charge in [0, 0.05) is 11.4 Å². The Kier molecular flexibility index (Phi) is 4.82. The van der Waals surface area contributed by atoms with Gasteiger partial charge in [0.15, 0.2) is 0 Å². The van der Waals surface area contributed by atoms with Gasteiger partial charge in [0.25, 0.3) is 0 Å². The Morgan fingerprint density at radius 1 is 1.04 bits per heavy atom. The lowest BCUT2D eigenvalue weighted by atomic mass is 9.98. The van der Waals surface area contributed by atoms with E-state index >= 15 is 0 Å². The molecule has 3 nitrogen and oxygen atoms in total. The van der Waals surface area contributed by atoms with Crippen molar-refractivity contribution in [2.24, 2.45) is 5.10 Å². The van der Waals surface area contributed by atoms with Crippen LogP contribution in [0.1, 0.15) is 23.6 Å². The van der Waals surface area contributed by atoms with Crippen LogP contribution >= 0.6 is 11.6 Å². The van der Waals surface area contributed by atoms with Crippen molar-refractivity contribution >= 4 is 23.0 Å². The van der Waals surface area contributed by atoms with Crippen LogP contribution in [0.5, 0.6) is 5.75 Å². The summed E-state index contributed by atoms with van der Waals surface area (Å²) in [6.45, 7) is 0. The van der Waals surface area contributed by atoms with Crippen molar-refractivity contribution in [3.63, 3.8) is 0 Å². The number of hydrogen-bond acceptors (Lipinski definition) is 3. The van der Waals surface area contributed by atoms with E-state index in [0.717, 1.165) is 28.3 Å². The molecule has 0 amide bonds. The van der Waals surface area contributed by atoms with Crippen LogP contribution in [0.25, 0.3) is 0 Å². The predicted molar refractivity (Wildman–Crippen MR) is 107 cm³/mol. The fourth-order valence-electron chi connectivity index (χ4n) is 3.27. The lowest BCUT2D eigenvalue weighted by molar-refractivity contribution is 0.415. The second kappa shape index (κ2) is 7.41. The second-order valence-corrected chi connectivity index (χ2v) is 6.81. The third kappa shape index (κ3) is 3.67. The molecule has 0 saturated heterocycles. The van der Waals surface area contributed by atoms with Crippen LogP contribution in [0.15, 0.2) is 77.9 Å². The molecule has 1 heterocycles. The van der Waals surface area contributed by atoms with Gasteiger partial charge in [0.1, 0.15) is 11.6 Å². The normalized spacial score (nSPS) is 16.3. The number of benzene rings is 3. The molecule has 0 bridgehead atoms. The first-order valence-corrected chi connectivity index (χ1v) is 9.04. The Hall–Kier alpha value is -2.85. The number of rotatable bonds is 4. The summed E-state index contributed by atoms with van der Waals surface area (Å²) in [5.41, 5.74) is 3.77. The van der Waals surface area contributed by atoms with Crippen LogP contribution in [0.3, 0.4) is 0 Å². The lowest BCUT2D eigenvalue weighted by Crippen LogP contribution is -2.18. The highest BCUT2D eigenvalue weighted by Crippen LogP contribution is 2.37. The van der Waals surface area contributed by atoms with E-state index in [1.54, 1.807) is 13.2 Å². The number of hydrogen-bond donors (Lipinski definition) is 0. The first-order chi connectivity index (χ1) is 13.1. The summed E-state index contributed by atoms with van der Waals surface area (Å²) < 4.78 is 19.0. The molecule has 0 aliphatic carbocycles. The third-order valence-corrected chi connectivity index (χ3v) is 4.91. The molecule has 0 N–H and O–H groups in total. The van der Waals surface area contributed by atoms with E-state index in [9.17, 15) is 4.39 Å². The Morgan fingerprint density at radius 3 is 2.44 bits per heavy atom. The first-order valence-electron chi connectivity index (χ1n) is 8.66. The second-order valence-electron chi connectivity index (χ2n) is 6.37. The molecule has 0 spiro atoms. The smallest absolute Gasteiger partial charge is 0.125 e. The summed E-state index contributed by atoms with van der Waals surface area (Å²) in [6.07, 6.45) is 0.713. The monoisotopic (exact) mass is 380 g/mol. The molecule has 4 rings (SSSR count). The van der Waals surface area contributed by atoms with E-state index in [2.05, 4.69) is 0 Å². The average molecular weight is 381 g/mol. The fraction of sp³-hybridized carbons (Fsp3) is 0.136. The molecule has 1 aliphatic heterocycles. The van der Waals surface area contributed by atoms with Crippen molar-refractivity contribution in [1.29, 1.82) is 0 Å². The van der Waals surface area contributed by atoms with Crippen LogP contribution in [-0.2, 0) is 0 Å². The summed E-state index contributed by atoms with van der Waals surface area (Å²) in [5, 5.41) is 7.38. The predicted octanol–water partition coefficient (Wildman–Crippen LogP) is 5.84. The van der Waals surface area contributed by atoms with Crippen LogP contribution in [0.2, 0.25) is 5.02 Å². The summed E-state index contributed by atoms with van der Waals surface area (Å²) >= 11 is 6.04. The number of hydrazone groups is 1. The van der Waals surface area contributed by atoms with Gasteiger partial charge in [0.05, 0.1) is 24.6 Å². The number of anilines is 1. The van der Waals surface area contributed by atoms with E-state index in [0.29, 0.717) is 11.4 Å². The van der Waals surface area contributed by atoms with Crippen molar-refractivity contribution in [3.8, 4) is 5.75 Å². The molecule has 136 valence electrons. The fourth-order valence-corrected chi connectivity index (χ4v) is 3.40. The minimum atomic E-state index is -0.282. The standard InChI is InChI=1S/C22H18ClFN2O/c1-27-20-11-7-15(8-12-20)21-14-22(16-5-9-17(23)10-6-16)26(25-21)19-4-2-3-18(24)13-19/h2-13,22H,14H2,1H3/t22-/m1/s1. The maximum absolute atomic E-state index is 13.8. The molecule has 1 aliphatic rings. The Balaban J connectivity index is 1.73. The molecule has 0 aromatic heterocycles. The lowest BCUT2D eigenvalue weighted by Gasteiger charge is -2.24. The third-order valence-electron chi connectivity index (χ3n) is 4.66. The van der Waals surface area contributed by atoms with Crippen LogP contribution in [0.4, 0.5) is 10.1 Å². The zero-order chi connectivity index (χ0) is 18.8. The molecule has 27 heavy (non-hydrogen) atoms. The quantitative estimate of drug-likeness (QED) is 0.567. The highest BCUT2D eigenvalue weighted by Gasteiger charge is 2.30. The molecule has 0 fully saturated rings. The van der Waals surface area contributed by atoms with Gasteiger partial charge in [-0.25, -0.2) is 4.39 Å². The van der Waals surface area contributed by atoms with Crippen molar-refractivity contribution < 1.29 is 9.13 Å². The molecule has 3 aromatic rings. The Morgan fingerprint density at radius 2 is 1.78 bits per heavy atom. The summed E-state index contributed by atoms with van der Waals surface area (Å²) in [5.74, 6) is 0.518. The van der Waals surface area contributed by atoms with Gasteiger partial charge >= 0.3 is 0 Å². The molecule has 0 radical (unpaired) electrons. The van der Waals surface area contributed by atoms with Gasteiger partial charge in [-0.05, 0) is 65.7 Å². The van der Waals surface area contributed by atoms with Gasteiger partial charge in [-0.1, -0.05) is 29.8 Å². The largest absolute Gasteiger partial charge is 0.497 e. The van der Waals surface area contributed by atoms with Gasteiger partial charge < -0.3 is 4.74 Å². The van der Waals surface area contributed by atoms with E-state index in [1.807, 2.05) is 59.6 Å². The van der Waals surface area contributed by atoms with Crippen molar-refractivity contribution in [2.45, 2.75) is 12.5 Å². The van der Waals surface area contributed by atoms with E-state index in [-0.39, 0.29) is 11.9 Å². The van der Waals surface area contributed by atoms with E-state index in [1.165, 1.54) is 12.1 Å². The maximum Gasteiger partial charge on any atom is 0.125 e. The van der Waals surface area contributed by atoms with Gasteiger partial charge in [-0.3, -0.25) is 5.01 Å². The number of ether oxygens (including phenoxy) is 1. The Labute approximate surface area is 162 Å². The first kappa shape index (κ1) is 17.6. The topological polar surface area (TPSA) is 24.8 Å². The maximum atomic E-state index is 13.8. The van der Waals surface area contributed by atoms with Crippen LogP contribution < -0.4 is 9.75 Å². The van der Waals surface area contributed by atoms with E-state index in [4.69, 9.17) is 21.4 Å². The SMILES string of the molecule is COc1ccc(C2=NN(c3cccc(F)c3)[C@@H](c3ccc(Cl)cc3)C2)cc1. The number of halogens is 2. The van der Waals surface area contributed by atoms with Crippen molar-refractivity contribution in [3.05, 3.63) is 94.8 Å². The highest BCUT2D eigenvalue weighted by atomic mass is 35.5. The van der Waals surface area contributed by atoms with Crippen LogP contribution in [0, 0.1) is 5.82 Å². The molecular weight excluding hydrogens is 363 g/mol. The van der Waals surface area contributed by atoms with E-state index < -0.39 is 0 Å². The van der Waals surface area contributed by atoms with Gasteiger partial charge in [0.2, 0.25) is 0 Å². The zero-order valence-corrected chi connectivity index (χ0v) is 15.5. The Bertz CT molecular complexity index is 970. The molecule has 0 unspecified atom stereocenters. The van der Waals surface area contributed by atoms with Crippen molar-refractivity contribution in [2.75, 3.05) is 12.1 Å². The molecule has 5 heteroatoms. The number of nitrogens with zero attached hydrogens (tertiary/aromatic N) is 2.